The molecule has 0 aromatic heterocycles. The second-order valence-corrected chi connectivity index (χ2v) is 4.28. The summed E-state index contributed by atoms with van der Waals surface area (Å²) in [6.07, 6.45) is 0.353. The summed E-state index contributed by atoms with van der Waals surface area (Å²) in [6, 6.07) is 0. The average molecular weight is 195 g/mol. The van der Waals surface area contributed by atoms with Gasteiger partial charge in [0.1, 0.15) is 0 Å². The molecule has 0 heterocycles. The molecule has 0 fully saturated rings. The Morgan fingerprint density at radius 2 is 2.08 bits per heavy atom. The molecule has 0 aliphatic heterocycles. The number of aliphatic carboxylic acids is 1. The molecule has 0 spiro atoms. The van der Waals surface area contributed by atoms with Crippen molar-refractivity contribution in [1.82, 2.24) is 4.72 Å². The van der Waals surface area contributed by atoms with Crippen LogP contribution in [0.4, 0.5) is 0 Å². The van der Waals surface area contributed by atoms with Gasteiger partial charge in [-0.1, -0.05) is 6.92 Å². The smallest absolute Gasteiger partial charge is 0.304 e. The van der Waals surface area contributed by atoms with E-state index in [0.29, 0.717) is 13.0 Å². The molecule has 0 rings (SSSR count). The largest absolute Gasteiger partial charge is 0.481 e. The van der Waals surface area contributed by atoms with Crippen molar-refractivity contribution in [1.29, 1.82) is 0 Å². The number of carbonyl (C=O) groups is 1. The van der Waals surface area contributed by atoms with Crippen LogP contribution in [0, 0.1) is 0 Å². The second kappa shape index (κ2) is 5.10. The van der Waals surface area contributed by atoms with Gasteiger partial charge in [0, 0.05) is 6.54 Å². The van der Waals surface area contributed by atoms with Gasteiger partial charge in [0.15, 0.2) is 0 Å². The normalized spacial score (nSPS) is 11.4. The summed E-state index contributed by atoms with van der Waals surface area (Å²) in [5.74, 6) is -1.45. The standard InChI is InChI=1S/C6H13NO4S/c1-2-4-7-12(10,11)5-3-6(8)9/h7H,2-5H2,1H3,(H,8,9). The first kappa shape index (κ1) is 11.4. The lowest BCUT2D eigenvalue weighted by Crippen LogP contribution is -2.28. The lowest BCUT2D eigenvalue weighted by Gasteiger charge is -2.02. The molecule has 2 N–H and O–H groups in total. The van der Waals surface area contributed by atoms with Crippen molar-refractivity contribution >= 4 is 16.0 Å². The van der Waals surface area contributed by atoms with Gasteiger partial charge >= 0.3 is 5.97 Å². The summed E-state index contributed by atoms with van der Waals surface area (Å²) >= 11 is 0. The SMILES string of the molecule is CCCNS(=O)(=O)CCC(=O)O. The Kier molecular flexibility index (Phi) is 4.84. The molecule has 72 valence electrons. The molecule has 0 radical (unpaired) electrons. The topological polar surface area (TPSA) is 83.5 Å². The van der Waals surface area contributed by atoms with E-state index in [4.69, 9.17) is 5.11 Å². The van der Waals surface area contributed by atoms with Crippen molar-refractivity contribution in [2.45, 2.75) is 19.8 Å². The fourth-order valence-corrected chi connectivity index (χ4v) is 1.65. The zero-order valence-corrected chi connectivity index (χ0v) is 7.73. The molecule has 0 aromatic rings. The zero-order chi connectivity index (χ0) is 9.61. The highest BCUT2D eigenvalue weighted by atomic mass is 32.2. The third-order valence-electron chi connectivity index (χ3n) is 1.16. The van der Waals surface area contributed by atoms with E-state index in [1.54, 1.807) is 0 Å². The van der Waals surface area contributed by atoms with E-state index in [2.05, 4.69) is 4.72 Å². The Labute approximate surface area is 71.8 Å². The van der Waals surface area contributed by atoms with Crippen molar-refractivity contribution in [2.75, 3.05) is 12.3 Å². The van der Waals surface area contributed by atoms with Crippen LogP contribution in [-0.2, 0) is 14.8 Å². The Hall–Kier alpha value is -0.620. The molecule has 0 aliphatic rings. The summed E-state index contributed by atoms with van der Waals surface area (Å²) in [5.41, 5.74) is 0. The Bertz CT molecular complexity index is 234. The van der Waals surface area contributed by atoms with Crippen LogP contribution in [0.1, 0.15) is 19.8 Å². The molecule has 6 heteroatoms. The number of rotatable bonds is 6. The van der Waals surface area contributed by atoms with Crippen LogP contribution in [0.2, 0.25) is 0 Å². The first-order valence-electron chi connectivity index (χ1n) is 3.67. The van der Waals surface area contributed by atoms with E-state index < -0.39 is 16.0 Å². The highest BCUT2D eigenvalue weighted by Crippen LogP contribution is 1.89. The molecule has 0 atom stereocenters. The maximum absolute atomic E-state index is 10.9. The van der Waals surface area contributed by atoms with Crippen LogP contribution < -0.4 is 4.72 Å². The van der Waals surface area contributed by atoms with E-state index in [1.165, 1.54) is 0 Å². The minimum Gasteiger partial charge on any atom is -0.481 e. The number of carboxylic acids is 1. The molecular weight excluding hydrogens is 182 g/mol. The highest BCUT2D eigenvalue weighted by Gasteiger charge is 2.10. The number of hydrogen-bond donors (Lipinski definition) is 2. The molecule has 5 nitrogen and oxygen atoms in total. The molecule has 0 bridgehead atoms. The summed E-state index contributed by atoms with van der Waals surface area (Å²) < 4.78 is 24.1. The second-order valence-electron chi connectivity index (χ2n) is 2.36. The number of nitrogens with one attached hydrogen (secondary N) is 1. The van der Waals surface area contributed by atoms with Crippen LogP contribution in [0.3, 0.4) is 0 Å². The maximum atomic E-state index is 10.9. The van der Waals surface area contributed by atoms with Gasteiger partial charge in [-0.15, -0.1) is 0 Å². The van der Waals surface area contributed by atoms with E-state index in [0.717, 1.165) is 0 Å². The average Bonchev–Trinajstić information content (AvgIpc) is 1.98. The van der Waals surface area contributed by atoms with Crippen LogP contribution in [0.5, 0.6) is 0 Å². The van der Waals surface area contributed by atoms with E-state index in [-0.39, 0.29) is 12.2 Å². The predicted octanol–water partition coefficient (Wildman–Crippen LogP) is -0.210. The van der Waals surface area contributed by atoms with Crippen molar-refractivity contribution < 1.29 is 18.3 Å². The lowest BCUT2D eigenvalue weighted by molar-refractivity contribution is -0.136. The van der Waals surface area contributed by atoms with Gasteiger partial charge in [0.2, 0.25) is 10.0 Å². The molecule has 12 heavy (non-hydrogen) atoms. The van der Waals surface area contributed by atoms with Crippen LogP contribution in [0.15, 0.2) is 0 Å². The number of sulfonamides is 1. The van der Waals surface area contributed by atoms with Crippen LogP contribution in [-0.4, -0.2) is 31.8 Å². The van der Waals surface area contributed by atoms with Gasteiger partial charge in [-0.2, -0.15) is 0 Å². The number of carboxylic acid groups (broad SMARTS) is 1. The Morgan fingerprint density at radius 3 is 2.50 bits per heavy atom. The summed E-state index contributed by atoms with van der Waals surface area (Å²) in [6.45, 7) is 2.20. The zero-order valence-electron chi connectivity index (χ0n) is 6.91. The lowest BCUT2D eigenvalue weighted by atomic mass is 10.5. The van der Waals surface area contributed by atoms with Gasteiger partial charge in [-0.25, -0.2) is 13.1 Å². The van der Waals surface area contributed by atoms with E-state index in [1.807, 2.05) is 6.92 Å². The van der Waals surface area contributed by atoms with Gasteiger partial charge in [0.25, 0.3) is 0 Å². The Balaban J connectivity index is 3.80. The monoisotopic (exact) mass is 195 g/mol. The first-order chi connectivity index (χ1) is 5.48. The first-order valence-corrected chi connectivity index (χ1v) is 5.32. The molecule has 0 aliphatic carbocycles. The fourth-order valence-electron chi connectivity index (χ4n) is 0.551. The molecule has 0 saturated carbocycles. The van der Waals surface area contributed by atoms with Gasteiger partial charge in [0.05, 0.1) is 12.2 Å². The van der Waals surface area contributed by atoms with Gasteiger partial charge in [-0.3, -0.25) is 4.79 Å². The van der Waals surface area contributed by atoms with E-state index in [9.17, 15) is 13.2 Å². The summed E-state index contributed by atoms with van der Waals surface area (Å²) in [5, 5.41) is 8.21. The minimum atomic E-state index is -3.37. The summed E-state index contributed by atoms with van der Waals surface area (Å²) in [4.78, 5) is 10.0. The fraction of sp³-hybridized carbons (Fsp3) is 0.833. The molecular formula is C6H13NO4S. The molecule has 0 aromatic carbocycles. The van der Waals surface area contributed by atoms with E-state index >= 15 is 0 Å². The number of hydrogen-bond acceptors (Lipinski definition) is 3. The van der Waals surface area contributed by atoms with Crippen molar-refractivity contribution in [3.63, 3.8) is 0 Å². The minimum absolute atomic E-state index is 0.345. The van der Waals surface area contributed by atoms with Gasteiger partial charge in [-0.05, 0) is 6.42 Å². The van der Waals surface area contributed by atoms with Crippen LogP contribution in [0.25, 0.3) is 0 Å². The third-order valence-corrected chi connectivity index (χ3v) is 2.54. The van der Waals surface area contributed by atoms with Gasteiger partial charge < -0.3 is 5.11 Å². The van der Waals surface area contributed by atoms with Crippen molar-refractivity contribution in [3.05, 3.63) is 0 Å². The Morgan fingerprint density at radius 1 is 1.50 bits per heavy atom. The molecule has 0 saturated heterocycles. The molecule has 0 unspecified atom stereocenters. The predicted molar refractivity (Wildman–Crippen MR) is 44.3 cm³/mol. The molecule has 0 amide bonds. The maximum Gasteiger partial charge on any atom is 0.304 e. The third kappa shape index (κ3) is 6.11. The van der Waals surface area contributed by atoms with Crippen molar-refractivity contribution in [2.24, 2.45) is 0 Å². The van der Waals surface area contributed by atoms with Crippen LogP contribution >= 0.6 is 0 Å². The summed E-state index contributed by atoms with van der Waals surface area (Å²) in [7, 11) is -3.37. The highest BCUT2D eigenvalue weighted by molar-refractivity contribution is 7.89. The van der Waals surface area contributed by atoms with Crippen molar-refractivity contribution in [3.8, 4) is 0 Å². The quantitative estimate of drug-likeness (QED) is 0.614.